The standard InChI is InChI=1S/C25H30N6O5S2/c1-5-30-23(20(12-13-37-4)27-24(33)17-7-10-19(36-3)11-8-17)28-29-25(30)38-15-22(32)26-21-14-18(31(34)35)9-6-16(21)2/h6-11,14,20H,5,12-13,15H2,1-4H3,(H,26,32)(H,27,33)/t20-/m1/s1. The van der Waals surface area contributed by atoms with Crippen molar-refractivity contribution in [3.8, 4) is 5.75 Å². The van der Waals surface area contributed by atoms with Gasteiger partial charge in [0.25, 0.3) is 11.6 Å². The number of carbonyl (C=O) groups is 2. The number of rotatable bonds is 13. The molecule has 1 atom stereocenters. The largest absolute Gasteiger partial charge is 0.497 e. The number of non-ortho nitro benzene ring substituents is 1. The van der Waals surface area contributed by atoms with Gasteiger partial charge in [-0.3, -0.25) is 19.7 Å². The van der Waals surface area contributed by atoms with Crippen molar-refractivity contribution in [1.29, 1.82) is 0 Å². The molecule has 0 aliphatic carbocycles. The van der Waals surface area contributed by atoms with E-state index < -0.39 is 4.92 Å². The van der Waals surface area contributed by atoms with Crippen molar-refractivity contribution in [3.63, 3.8) is 0 Å². The summed E-state index contributed by atoms with van der Waals surface area (Å²) < 4.78 is 7.05. The van der Waals surface area contributed by atoms with E-state index in [0.29, 0.717) is 40.9 Å². The van der Waals surface area contributed by atoms with E-state index in [9.17, 15) is 19.7 Å². The van der Waals surface area contributed by atoms with E-state index >= 15 is 0 Å². The molecule has 202 valence electrons. The van der Waals surface area contributed by atoms with Crippen molar-refractivity contribution in [1.82, 2.24) is 20.1 Å². The molecule has 38 heavy (non-hydrogen) atoms. The molecular weight excluding hydrogens is 528 g/mol. The van der Waals surface area contributed by atoms with E-state index in [1.165, 1.54) is 23.9 Å². The normalized spacial score (nSPS) is 11.6. The Hall–Kier alpha value is -3.58. The third kappa shape index (κ3) is 7.48. The highest BCUT2D eigenvalue weighted by Crippen LogP contribution is 2.26. The highest BCUT2D eigenvalue weighted by Gasteiger charge is 2.24. The number of aryl methyl sites for hydroxylation is 1. The summed E-state index contributed by atoms with van der Waals surface area (Å²) in [4.78, 5) is 36.1. The van der Waals surface area contributed by atoms with Crippen molar-refractivity contribution >= 4 is 46.7 Å². The van der Waals surface area contributed by atoms with Gasteiger partial charge in [0.05, 0.1) is 29.5 Å². The summed E-state index contributed by atoms with van der Waals surface area (Å²) in [5.41, 5.74) is 1.52. The number of aromatic nitrogens is 3. The zero-order chi connectivity index (χ0) is 27.7. The van der Waals surface area contributed by atoms with Crippen LogP contribution >= 0.6 is 23.5 Å². The number of amides is 2. The molecule has 1 aromatic heterocycles. The first kappa shape index (κ1) is 29.0. The van der Waals surface area contributed by atoms with E-state index in [2.05, 4.69) is 20.8 Å². The second-order valence-electron chi connectivity index (χ2n) is 8.21. The van der Waals surface area contributed by atoms with Gasteiger partial charge in [0, 0.05) is 24.2 Å². The smallest absolute Gasteiger partial charge is 0.271 e. The molecular formula is C25H30N6O5S2. The summed E-state index contributed by atoms with van der Waals surface area (Å²) in [6.07, 6.45) is 2.65. The lowest BCUT2D eigenvalue weighted by atomic mass is 10.1. The van der Waals surface area contributed by atoms with Crippen molar-refractivity contribution in [3.05, 3.63) is 69.5 Å². The molecule has 0 fully saturated rings. The maximum Gasteiger partial charge on any atom is 0.271 e. The van der Waals surface area contributed by atoms with Crippen molar-refractivity contribution in [2.45, 2.75) is 38.0 Å². The van der Waals surface area contributed by atoms with Crippen molar-refractivity contribution < 1.29 is 19.2 Å². The number of carbonyl (C=O) groups excluding carboxylic acids is 2. The molecule has 3 aromatic rings. The van der Waals surface area contributed by atoms with Crippen LogP contribution in [0.5, 0.6) is 5.75 Å². The second kappa shape index (κ2) is 13.8. The van der Waals surface area contributed by atoms with Crippen LogP contribution in [-0.2, 0) is 11.3 Å². The fourth-order valence-electron chi connectivity index (χ4n) is 3.62. The maximum absolute atomic E-state index is 13.0. The Morgan fingerprint density at radius 2 is 1.92 bits per heavy atom. The van der Waals surface area contributed by atoms with Gasteiger partial charge in [-0.25, -0.2) is 0 Å². The molecule has 3 rings (SSSR count). The number of nitrogens with zero attached hydrogens (tertiary/aromatic N) is 4. The van der Waals surface area contributed by atoms with Gasteiger partial charge in [-0.1, -0.05) is 17.8 Å². The number of benzene rings is 2. The average Bonchev–Trinajstić information content (AvgIpc) is 3.33. The summed E-state index contributed by atoms with van der Waals surface area (Å²) >= 11 is 2.87. The molecule has 0 radical (unpaired) electrons. The number of thioether (sulfide) groups is 2. The molecule has 13 heteroatoms. The minimum atomic E-state index is -0.504. The zero-order valence-corrected chi connectivity index (χ0v) is 23.2. The van der Waals surface area contributed by atoms with E-state index in [1.807, 2.05) is 17.7 Å². The highest BCUT2D eigenvalue weighted by molar-refractivity contribution is 7.99. The minimum absolute atomic E-state index is 0.0357. The summed E-state index contributed by atoms with van der Waals surface area (Å²) in [7, 11) is 1.57. The minimum Gasteiger partial charge on any atom is -0.497 e. The Bertz CT molecular complexity index is 1280. The van der Waals surface area contributed by atoms with Crippen molar-refractivity contribution in [2.75, 3.05) is 30.2 Å². The lowest BCUT2D eigenvalue weighted by molar-refractivity contribution is -0.384. The highest BCUT2D eigenvalue weighted by atomic mass is 32.2. The van der Waals surface area contributed by atoms with Gasteiger partial charge in [-0.2, -0.15) is 11.8 Å². The molecule has 2 amide bonds. The molecule has 1 heterocycles. The second-order valence-corrected chi connectivity index (χ2v) is 10.1. The first-order valence-corrected chi connectivity index (χ1v) is 14.2. The monoisotopic (exact) mass is 558 g/mol. The third-order valence-corrected chi connectivity index (χ3v) is 7.29. The zero-order valence-electron chi connectivity index (χ0n) is 21.6. The third-order valence-electron chi connectivity index (χ3n) is 5.68. The topological polar surface area (TPSA) is 141 Å². The SMILES string of the molecule is CCn1c(SCC(=O)Nc2cc([N+](=O)[O-])ccc2C)nnc1[C@@H](CCSC)NC(=O)c1ccc(OC)cc1. The number of nitrogens with one attached hydrogen (secondary N) is 2. The quantitative estimate of drug-likeness (QED) is 0.176. The van der Waals surface area contributed by atoms with Crippen LogP contribution in [0.15, 0.2) is 47.6 Å². The Morgan fingerprint density at radius 3 is 2.55 bits per heavy atom. The van der Waals surface area contributed by atoms with E-state index in [0.717, 1.165) is 11.3 Å². The predicted molar refractivity (Wildman–Crippen MR) is 149 cm³/mol. The van der Waals surface area contributed by atoms with Crippen LogP contribution in [-0.4, -0.2) is 56.4 Å². The summed E-state index contributed by atoms with van der Waals surface area (Å²) in [5.74, 6) is 1.56. The first-order valence-electron chi connectivity index (χ1n) is 11.8. The van der Waals surface area contributed by atoms with Gasteiger partial charge in [-0.15, -0.1) is 10.2 Å². The molecule has 0 aliphatic heterocycles. The van der Waals surface area contributed by atoms with Gasteiger partial charge in [0.1, 0.15) is 5.75 Å². The Balaban J connectivity index is 1.72. The maximum atomic E-state index is 13.0. The van der Waals surface area contributed by atoms with Crippen LogP contribution in [0.25, 0.3) is 0 Å². The van der Waals surface area contributed by atoms with Gasteiger partial charge >= 0.3 is 0 Å². The molecule has 2 aromatic carbocycles. The molecule has 0 unspecified atom stereocenters. The number of hydrogen-bond acceptors (Lipinski definition) is 9. The fourth-order valence-corrected chi connectivity index (χ4v) is 4.90. The number of hydrogen-bond donors (Lipinski definition) is 2. The summed E-state index contributed by atoms with van der Waals surface area (Å²) in [6, 6.07) is 10.8. The van der Waals surface area contributed by atoms with Crippen LogP contribution < -0.4 is 15.4 Å². The lowest BCUT2D eigenvalue weighted by Crippen LogP contribution is -2.31. The van der Waals surface area contributed by atoms with Gasteiger partial charge in [-0.05, 0) is 62.1 Å². The predicted octanol–water partition coefficient (Wildman–Crippen LogP) is 4.48. The number of nitro groups is 1. The molecule has 2 N–H and O–H groups in total. The Morgan fingerprint density at radius 1 is 1.18 bits per heavy atom. The van der Waals surface area contributed by atoms with E-state index in [-0.39, 0.29) is 29.3 Å². The van der Waals surface area contributed by atoms with Crippen molar-refractivity contribution in [2.24, 2.45) is 0 Å². The Labute approximate surface area is 229 Å². The summed E-state index contributed by atoms with van der Waals surface area (Å²) in [6.45, 7) is 4.26. The number of nitro benzene ring substituents is 1. The average molecular weight is 559 g/mol. The molecule has 0 aliphatic rings. The fraction of sp³-hybridized carbons (Fsp3) is 0.360. The van der Waals surface area contributed by atoms with Crippen LogP contribution in [0.3, 0.4) is 0 Å². The summed E-state index contributed by atoms with van der Waals surface area (Å²) in [5, 5.41) is 26.1. The number of methoxy groups -OCH3 is 1. The van der Waals surface area contributed by atoms with Crippen LogP contribution in [0.2, 0.25) is 0 Å². The molecule has 11 nitrogen and oxygen atoms in total. The Kier molecular flexibility index (Phi) is 10.5. The van der Waals surface area contributed by atoms with Crippen LogP contribution in [0.1, 0.15) is 41.1 Å². The van der Waals surface area contributed by atoms with Crippen LogP contribution in [0.4, 0.5) is 11.4 Å². The van der Waals surface area contributed by atoms with Gasteiger partial charge < -0.3 is 19.9 Å². The lowest BCUT2D eigenvalue weighted by Gasteiger charge is -2.19. The van der Waals surface area contributed by atoms with E-state index in [4.69, 9.17) is 4.74 Å². The molecule has 0 spiro atoms. The number of ether oxygens (including phenoxy) is 1. The first-order chi connectivity index (χ1) is 18.3. The van der Waals surface area contributed by atoms with Gasteiger partial charge in [0.15, 0.2) is 11.0 Å². The number of anilines is 1. The molecule has 0 saturated heterocycles. The van der Waals surface area contributed by atoms with Gasteiger partial charge in [0.2, 0.25) is 5.91 Å². The molecule has 0 saturated carbocycles. The molecule has 0 bridgehead atoms. The van der Waals surface area contributed by atoms with Crippen LogP contribution in [0, 0.1) is 17.0 Å². The van der Waals surface area contributed by atoms with E-state index in [1.54, 1.807) is 56.1 Å².